The van der Waals surface area contributed by atoms with Gasteiger partial charge in [-0.25, -0.2) is 29.9 Å². The second-order valence-corrected chi connectivity index (χ2v) is 18.1. The van der Waals surface area contributed by atoms with Gasteiger partial charge in [0, 0.05) is 28.3 Å². The highest BCUT2D eigenvalue weighted by Gasteiger charge is 2.18. The van der Waals surface area contributed by atoms with Crippen LogP contribution < -0.4 is 18.9 Å². The van der Waals surface area contributed by atoms with Crippen LogP contribution >= 0.6 is 0 Å². The Balaban J connectivity index is 0.000000169. The fourth-order valence-electron chi connectivity index (χ4n) is 8.24. The van der Waals surface area contributed by atoms with E-state index in [0.29, 0.717) is 63.2 Å². The highest BCUT2D eigenvalue weighted by Crippen LogP contribution is 2.36. The lowest BCUT2D eigenvalue weighted by Crippen LogP contribution is -2.00. The summed E-state index contributed by atoms with van der Waals surface area (Å²) < 4.78 is 23.7. The molecule has 2 aromatic heterocycles. The zero-order valence-corrected chi connectivity index (χ0v) is 42.9. The molecule has 12 aromatic rings. The van der Waals surface area contributed by atoms with Gasteiger partial charge < -0.3 is 34.3 Å². The van der Waals surface area contributed by atoms with Gasteiger partial charge in [-0.2, -0.15) is 0 Å². The summed E-state index contributed by atoms with van der Waals surface area (Å²) in [4.78, 5) is 28.3. The zero-order chi connectivity index (χ0) is 54.6. The van der Waals surface area contributed by atoms with Crippen molar-refractivity contribution in [2.45, 2.75) is 6.92 Å². The van der Waals surface area contributed by atoms with Crippen molar-refractivity contribution in [3.05, 3.63) is 260 Å². The standard InChI is InChI=1S/C34H25N3O3.C33H23N3O4/c1-23-12-21-30(31(38)22-23)34-36-32(24-13-17-28(18-14-24)39-26-8-4-2-5-9-26)35-33(37-34)25-15-19-29(20-16-25)40-27-10-6-3-7-11-27;37-24-15-20-29(30(38)21-24)33-35-31(22-11-16-27(17-12-22)39-25-7-3-1-4-8-25)34-32(36-33)23-13-18-28(19-14-23)40-26-9-5-2-6-10-26/h2-22,38H,1H3;1-21,37-38H. The van der Waals surface area contributed by atoms with Gasteiger partial charge in [0.25, 0.3) is 0 Å². The summed E-state index contributed by atoms with van der Waals surface area (Å²) in [6, 6.07) is 78.1. The van der Waals surface area contributed by atoms with Gasteiger partial charge in [-0.1, -0.05) is 78.9 Å². The van der Waals surface area contributed by atoms with Crippen LogP contribution in [0.1, 0.15) is 5.56 Å². The molecular weight excluding hydrogens is 1000 g/mol. The summed E-state index contributed by atoms with van der Waals surface area (Å²) in [5.41, 5.74) is 4.92. The number of ether oxygens (including phenoxy) is 4. The van der Waals surface area contributed by atoms with Crippen molar-refractivity contribution >= 4 is 0 Å². The van der Waals surface area contributed by atoms with Gasteiger partial charge in [-0.15, -0.1) is 0 Å². The van der Waals surface area contributed by atoms with Gasteiger partial charge in [0.2, 0.25) is 0 Å². The summed E-state index contributed by atoms with van der Waals surface area (Å²) in [5.74, 6) is 8.13. The van der Waals surface area contributed by atoms with Crippen LogP contribution in [0.5, 0.6) is 63.2 Å². The Morgan fingerprint density at radius 1 is 0.250 bits per heavy atom. The number of phenols is 3. The van der Waals surface area contributed by atoms with Crippen molar-refractivity contribution in [3.8, 4) is 132 Å². The minimum absolute atomic E-state index is 0.0567. The molecule has 10 aromatic carbocycles. The van der Waals surface area contributed by atoms with Gasteiger partial charge >= 0.3 is 0 Å². The van der Waals surface area contributed by atoms with E-state index < -0.39 is 0 Å². The molecule has 0 aliphatic carbocycles. The predicted molar refractivity (Wildman–Crippen MR) is 308 cm³/mol. The Hall–Kier alpha value is -11.2. The molecule has 0 aliphatic rings. The fraction of sp³-hybridized carbons (Fsp3) is 0.0149. The summed E-state index contributed by atoms with van der Waals surface area (Å²) in [5, 5.41) is 31.0. The molecular formula is C67H48N6O7. The molecule has 0 aliphatic heterocycles. The highest BCUT2D eigenvalue weighted by molar-refractivity contribution is 5.72. The maximum atomic E-state index is 10.7. The quantitative estimate of drug-likeness (QED) is 0.0939. The summed E-state index contributed by atoms with van der Waals surface area (Å²) in [6.45, 7) is 1.92. The first-order valence-corrected chi connectivity index (χ1v) is 25.4. The fourth-order valence-corrected chi connectivity index (χ4v) is 8.24. The van der Waals surface area contributed by atoms with E-state index in [4.69, 9.17) is 38.9 Å². The number of benzene rings is 10. The molecule has 0 saturated carbocycles. The van der Waals surface area contributed by atoms with Gasteiger partial charge in [0.05, 0.1) is 11.1 Å². The number of hydrogen-bond donors (Lipinski definition) is 3. The zero-order valence-electron chi connectivity index (χ0n) is 42.9. The molecule has 0 amide bonds. The van der Waals surface area contributed by atoms with Crippen LogP contribution in [-0.4, -0.2) is 45.2 Å². The molecule has 13 nitrogen and oxygen atoms in total. The van der Waals surface area contributed by atoms with Crippen molar-refractivity contribution in [2.24, 2.45) is 0 Å². The van der Waals surface area contributed by atoms with E-state index in [9.17, 15) is 15.3 Å². The second kappa shape index (κ2) is 23.8. The SMILES string of the molecule is Cc1ccc(-c2nc(-c3ccc(Oc4ccccc4)cc3)nc(-c3ccc(Oc4ccccc4)cc3)n2)c(O)c1.Oc1ccc(-c2nc(-c3ccc(Oc4ccccc4)cc3)nc(-c3ccc(Oc4ccccc4)cc3)n2)c(O)c1. The molecule has 388 valence electrons. The Morgan fingerprint density at radius 3 is 0.775 bits per heavy atom. The van der Waals surface area contributed by atoms with E-state index in [-0.39, 0.29) is 23.1 Å². The average molecular weight is 1050 g/mol. The number of hydrogen-bond acceptors (Lipinski definition) is 13. The number of rotatable bonds is 14. The average Bonchev–Trinajstić information content (AvgIpc) is 3.50. The van der Waals surface area contributed by atoms with E-state index >= 15 is 0 Å². The first-order chi connectivity index (χ1) is 39.2. The van der Waals surface area contributed by atoms with Crippen LogP contribution in [0.2, 0.25) is 0 Å². The summed E-state index contributed by atoms with van der Waals surface area (Å²) >= 11 is 0. The van der Waals surface area contributed by atoms with Crippen LogP contribution in [0.4, 0.5) is 0 Å². The summed E-state index contributed by atoms with van der Waals surface area (Å²) in [7, 11) is 0. The van der Waals surface area contributed by atoms with Crippen molar-refractivity contribution in [2.75, 3.05) is 0 Å². The van der Waals surface area contributed by atoms with Gasteiger partial charge in [-0.05, 0) is 182 Å². The molecule has 13 heteroatoms. The number of aryl methyl sites for hydroxylation is 1. The smallest absolute Gasteiger partial charge is 0.167 e. The van der Waals surface area contributed by atoms with E-state index in [1.165, 1.54) is 12.1 Å². The molecule has 12 rings (SSSR count). The summed E-state index contributed by atoms with van der Waals surface area (Å²) in [6.07, 6.45) is 0. The molecule has 0 spiro atoms. The lowest BCUT2D eigenvalue weighted by atomic mass is 10.1. The Kier molecular flexibility index (Phi) is 15.2. The molecule has 80 heavy (non-hydrogen) atoms. The Labute approximate surface area is 461 Å². The highest BCUT2D eigenvalue weighted by atomic mass is 16.5. The minimum Gasteiger partial charge on any atom is -0.508 e. The number of phenolic OH excluding ortho intramolecular Hbond substituents is 3. The minimum atomic E-state index is -0.138. The largest absolute Gasteiger partial charge is 0.508 e. The molecule has 0 radical (unpaired) electrons. The van der Waals surface area contributed by atoms with E-state index in [0.717, 1.165) is 50.8 Å². The van der Waals surface area contributed by atoms with E-state index in [1.54, 1.807) is 12.1 Å². The van der Waals surface area contributed by atoms with Gasteiger partial charge in [0.1, 0.15) is 63.2 Å². The molecule has 0 fully saturated rings. The first kappa shape index (κ1) is 51.0. The van der Waals surface area contributed by atoms with Crippen LogP contribution in [0.15, 0.2) is 255 Å². The maximum absolute atomic E-state index is 10.7. The third-order valence-electron chi connectivity index (χ3n) is 12.3. The van der Waals surface area contributed by atoms with Crippen LogP contribution in [0.25, 0.3) is 68.3 Å². The Bertz CT molecular complexity index is 3540. The van der Waals surface area contributed by atoms with E-state index in [1.807, 2.05) is 237 Å². The van der Waals surface area contributed by atoms with Gasteiger partial charge in [-0.3, -0.25) is 0 Å². The Morgan fingerprint density at radius 2 is 0.500 bits per heavy atom. The molecule has 0 unspecified atom stereocenters. The third-order valence-corrected chi connectivity index (χ3v) is 12.3. The lowest BCUT2D eigenvalue weighted by Gasteiger charge is -2.11. The normalized spacial score (nSPS) is 10.7. The topological polar surface area (TPSA) is 175 Å². The maximum Gasteiger partial charge on any atom is 0.167 e. The monoisotopic (exact) mass is 1050 g/mol. The third kappa shape index (κ3) is 12.7. The van der Waals surface area contributed by atoms with Crippen LogP contribution in [0.3, 0.4) is 0 Å². The van der Waals surface area contributed by atoms with Crippen molar-refractivity contribution in [3.63, 3.8) is 0 Å². The second-order valence-electron chi connectivity index (χ2n) is 18.1. The molecule has 0 atom stereocenters. The number of para-hydroxylation sites is 4. The van der Waals surface area contributed by atoms with E-state index in [2.05, 4.69) is 9.97 Å². The lowest BCUT2D eigenvalue weighted by molar-refractivity contribution is 0.451. The van der Waals surface area contributed by atoms with Crippen LogP contribution in [-0.2, 0) is 0 Å². The van der Waals surface area contributed by atoms with Crippen molar-refractivity contribution in [1.82, 2.24) is 29.9 Å². The molecule has 2 heterocycles. The van der Waals surface area contributed by atoms with Crippen molar-refractivity contribution in [1.29, 1.82) is 0 Å². The first-order valence-electron chi connectivity index (χ1n) is 25.4. The van der Waals surface area contributed by atoms with Crippen molar-refractivity contribution < 1.29 is 34.3 Å². The molecule has 0 bridgehead atoms. The predicted octanol–water partition coefficient (Wildman–Crippen LogP) is 16.3. The van der Waals surface area contributed by atoms with Crippen LogP contribution in [0, 0.1) is 6.92 Å². The number of nitrogens with zero attached hydrogens (tertiary/aromatic N) is 6. The molecule has 0 saturated heterocycles. The molecule has 3 N–H and O–H groups in total. The number of aromatic hydroxyl groups is 3. The van der Waals surface area contributed by atoms with Gasteiger partial charge in [0.15, 0.2) is 34.9 Å². The number of aromatic nitrogens is 6.